The Balaban J connectivity index is 1.72. The molecule has 4 rings (SSSR count). The maximum absolute atomic E-state index is 12.8. The third-order valence-electron chi connectivity index (χ3n) is 6.09. The number of benzene rings is 2. The molecule has 154 valence electrons. The molecule has 2 aromatic carbocycles. The molecule has 29 heavy (non-hydrogen) atoms. The summed E-state index contributed by atoms with van der Waals surface area (Å²) in [5.74, 6) is 1.37. The second kappa shape index (κ2) is 7.84. The van der Waals surface area contributed by atoms with Crippen molar-refractivity contribution in [3.63, 3.8) is 0 Å². The van der Waals surface area contributed by atoms with Gasteiger partial charge in [-0.15, -0.1) is 0 Å². The number of sulfonamides is 1. The maximum Gasteiger partial charge on any atom is 0.240 e. The standard InChI is InChI=1S/C23H28N2O3S/c1-4-15(2)25-29(26,27)16-12-13-21-20(14-16)17-9-7-10-18(17)23(24-21)19-8-5-6-11-22(19)28-3/h5-9,11-15,17-18,23-25H,4,10H2,1-3H3. The quantitative estimate of drug-likeness (QED) is 0.681. The van der Waals surface area contributed by atoms with Crippen molar-refractivity contribution in [3.05, 3.63) is 65.7 Å². The van der Waals surface area contributed by atoms with E-state index in [1.807, 2.05) is 44.2 Å². The van der Waals surface area contributed by atoms with E-state index in [0.717, 1.165) is 35.4 Å². The van der Waals surface area contributed by atoms with Crippen molar-refractivity contribution in [1.82, 2.24) is 4.72 Å². The summed E-state index contributed by atoms with van der Waals surface area (Å²) in [5.41, 5.74) is 3.16. The molecule has 1 heterocycles. The Morgan fingerprint density at radius 1 is 1.21 bits per heavy atom. The summed E-state index contributed by atoms with van der Waals surface area (Å²) in [7, 11) is -1.84. The molecule has 6 heteroatoms. The molecule has 0 bridgehead atoms. The first-order chi connectivity index (χ1) is 13.9. The van der Waals surface area contributed by atoms with Gasteiger partial charge in [0.15, 0.2) is 0 Å². The molecule has 0 aromatic heterocycles. The third-order valence-corrected chi connectivity index (χ3v) is 7.67. The van der Waals surface area contributed by atoms with Crippen molar-refractivity contribution < 1.29 is 13.2 Å². The number of hydrogen-bond acceptors (Lipinski definition) is 4. The Bertz CT molecular complexity index is 1030. The first kappa shape index (κ1) is 20.0. The van der Waals surface area contributed by atoms with Crippen molar-refractivity contribution in [3.8, 4) is 5.75 Å². The Morgan fingerprint density at radius 2 is 2.00 bits per heavy atom. The highest BCUT2D eigenvalue weighted by Gasteiger charge is 2.39. The van der Waals surface area contributed by atoms with Crippen LogP contribution in [-0.2, 0) is 10.0 Å². The van der Waals surface area contributed by atoms with E-state index in [-0.39, 0.29) is 18.0 Å². The van der Waals surface area contributed by atoms with Crippen LogP contribution in [0, 0.1) is 5.92 Å². The number of anilines is 1. The lowest BCUT2D eigenvalue weighted by molar-refractivity contribution is 0.381. The summed E-state index contributed by atoms with van der Waals surface area (Å²) < 4.78 is 33.9. The second-order valence-corrected chi connectivity index (χ2v) is 9.61. The van der Waals surface area contributed by atoms with E-state index < -0.39 is 10.0 Å². The van der Waals surface area contributed by atoms with E-state index in [4.69, 9.17) is 4.74 Å². The monoisotopic (exact) mass is 412 g/mol. The molecular formula is C23H28N2O3S. The van der Waals surface area contributed by atoms with E-state index in [1.165, 1.54) is 0 Å². The second-order valence-electron chi connectivity index (χ2n) is 7.90. The molecule has 2 aromatic rings. The Hall–Kier alpha value is -2.31. The predicted molar refractivity (Wildman–Crippen MR) is 116 cm³/mol. The molecule has 1 aliphatic carbocycles. The number of allylic oxidation sites excluding steroid dienone is 2. The zero-order chi connectivity index (χ0) is 20.6. The summed E-state index contributed by atoms with van der Waals surface area (Å²) in [4.78, 5) is 0.327. The minimum absolute atomic E-state index is 0.0943. The van der Waals surface area contributed by atoms with Gasteiger partial charge in [-0.2, -0.15) is 0 Å². The molecule has 0 radical (unpaired) electrons. The largest absolute Gasteiger partial charge is 0.496 e. The SMILES string of the molecule is CCC(C)NS(=O)(=O)c1ccc2c(c1)C1C=CCC1C(c1ccccc1OC)N2. The van der Waals surface area contributed by atoms with Gasteiger partial charge in [0.05, 0.1) is 18.0 Å². The van der Waals surface area contributed by atoms with E-state index in [2.05, 4.69) is 28.3 Å². The number of methoxy groups -OCH3 is 1. The number of hydrogen-bond donors (Lipinski definition) is 2. The van der Waals surface area contributed by atoms with Crippen LogP contribution in [-0.4, -0.2) is 21.6 Å². The molecule has 4 atom stereocenters. The van der Waals surface area contributed by atoms with E-state index in [0.29, 0.717) is 10.8 Å². The van der Waals surface area contributed by atoms with Crippen LogP contribution in [0.3, 0.4) is 0 Å². The third kappa shape index (κ3) is 3.67. The summed E-state index contributed by atoms with van der Waals surface area (Å²) >= 11 is 0. The first-order valence-corrected chi connectivity index (χ1v) is 11.6. The average molecular weight is 413 g/mol. The van der Waals surface area contributed by atoms with Gasteiger partial charge in [0.2, 0.25) is 10.0 Å². The lowest BCUT2D eigenvalue weighted by Crippen LogP contribution is -2.33. The summed E-state index contributed by atoms with van der Waals surface area (Å²) in [6.45, 7) is 3.85. The van der Waals surface area contributed by atoms with E-state index in [1.54, 1.807) is 13.2 Å². The highest BCUT2D eigenvalue weighted by Crippen LogP contribution is 2.51. The fraction of sp³-hybridized carbons (Fsp3) is 0.391. The number of ether oxygens (including phenoxy) is 1. The van der Waals surface area contributed by atoms with Crippen LogP contribution in [0.25, 0.3) is 0 Å². The van der Waals surface area contributed by atoms with Gasteiger partial charge in [0.25, 0.3) is 0 Å². The Kier molecular flexibility index (Phi) is 5.40. The smallest absolute Gasteiger partial charge is 0.240 e. The Labute approximate surface area is 173 Å². The van der Waals surface area contributed by atoms with Crippen molar-refractivity contribution in [2.45, 2.75) is 49.6 Å². The zero-order valence-electron chi connectivity index (χ0n) is 17.1. The van der Waals surface area contributed by atoms with Gasteiger partial charge < -0.3 is 10.1 Å². The molecule has 0 saturated carbocycles. The summed E-state index contributed by atoms with van der Waals surface area (Å²) in [6.07, 6.45) is 6.11. The van der Waals surface area contributed by atoms with Gasteiger partial charge in [0.1, 0.15) is 5.75 Å². The number of fused-ring (bicyclic) bond motifs is 3. The highest BCUT2D eigenvalue weighted by molar-refractivity contribution is 7.89. The fourth-order valence-corrected chi connectivity index (χ4v) is 5.75. The molecule has 1 aliphatic heterocycles. The first-order valence-electron chi connectivity index (χ1n) is 10.2. The van der Waals surface area contributed by atoms with Crippen molar-refractivity contribution in [1.29, 1.82) is 0 Å². The van der Waals surface area contributed by atoms with Gasteiger partial charge in [-0.1, -0.05) is 37.3 Å². The van der Waals surface area contributed by atoms with Crippen molar-refractivity contribution in [2.24, 2.45) is 5.92 Å². The van der Waals surface area contributed by atoms with Crippen molar-refractivity contribution in [2.75, 3.05) is 12.4 Å². The number of para-hydroxylation sites is 1. The van der Waals surface area contributed by atoms with Crippen LogP contribution in [0.15, 0.2) is 59.5 Å². The molecule has 0 spiro atoms. The molecule has 4 unspecified atom stereocenters. The van der Waals surface area contributed by atoms with E-state index >= 15 is 0 Å². The maximum atomic E-state index is 12.8. The summed E-state index contributed by atoms with van der Waals surface area (Å²) in [6, 6.07) is 13.5. The minimum Gasteiger partial charge on any atom is -0.496 e. The van der Waals surface area contributed by atoms with Gasteiger partial charge in [-0.25, -0.2) is 13.1 Å². The topological polar surface area (TPSA) is 67.4 Å². The van der Waals surface area contributed by atoms with Crippen LogP contribution in [0.5, 0.6) is 5.75 Å². The molecule has 0 fully saturated rings. The lowest BCUT2D eigenvalue weighted by atomic mass is 9.77. The lowest BCUT2D eigenvalue weighted by Gasteiger charge is -2.38. The van der Waals surface area contributed by atoms with Crippen LogP contribution in [0.1, 0.15) is 49.8 Å². The van der Waals surface area contributed by atoms with Crippen LogP contribution in [0.2, 0.25) is 0 Å². The minimum atomic E-state index is -3.53. The summed E-state index contributed by atoms with van der Waals surface area (Å²) in [5, 5.41) is 3.65. The van der Waals surface area contributed by atoms with Crippen LogP contribution < -0.4 is 14.8 Å². The van der Waals surface area contributed by atoms with Gasteiger partial charge in [-0.05, 0) is 55.5 Å². The molecule has 5 nitrogen and oxygen atoms in total. The molecule has 0 amide bonds. The van der Waals surface area contributed by atoms with Crippen LogP contribution in [0.4, 0.5) is 5.69 Å². The predicted octanol–water partition coefficient (Wildman–Crippen LogP) is 4.60. The highest BCUT2D eigenvalue weighted by atomic mass is 32.2. The van der Waals surface area contributed by atoms with Gasteiger partial charge >= 0.3 is 0 Å². The molecule has 2 aliphatic rings. The molecule has 2 N–H and O–H groups in total. The fourth-order valence-electron chi connectivity index (χ4n) is 4.39. The molecule has 0 saturated heterocycles. The number of rotatable bonds is 6. The van der Waals surface area contributed by atoms with Gasteiger partial charge in [0, 0.05) is 23.2 Å². The van der Waals surface area contributed by atoms with Crippen molar-refractivity contribution >= 4 is 15.7 Å². The van der Waals surface area contributed by atoms with Gasteiger partial charge in [-0.3, -0.25) is 0 Å². The van der Waals surface area contributed by atoms with Crippen LogP contribution >= 0.6 is 0 Å². The Morgan fingerprint density at radius 3 is 2.76 bits per heavy atom. The normalized spacial score (nSPS) is 23.8. The zero-order valence-corrected chi connectivity index (χ0v) is 17.9. The average Bonchev–Trinajstić information content (AvgIpc) is 3.22. The number of nitrogens with one attached hydrogen (secondary N) is 2. The molecular weight excluding hydrogens is 384 g/mol. The van der Waals surface area contributed by atoms with E-state index in [9.17, 15) is 8.42 Å².